The fraction of sp³-hybridized carbons (Fsp3) is 0.500. The molecule has 2 atom stereocenters. The number of fused-ring (bicyclic) bond motifs is 1. The van der Waals surface area contributed by atoms with Crippen molar-refractivity contribution in [1.29, 1.82) is 0 Å². The van der Waals surface area contributed by atoms with Gasteiger partial charge in [-0.3, -0.25) is 5.10 Å². The van der Waals surface area contributed by atoms with Gasteiger partial charge in [0.05, 0.1) is 41.3 Å². The van der Waals surface area contributed by atoms with Crippen LogP contribution in [0.15, 0.2) is 52.4 Å². The lowest BCUT2D eigenvalue weighted by Crippen LogP contribution is -2.47. The van der Waals surface area contributed by atoms with E-state index in [1.807, 2.05) is 0 Å². The van der Waals surface area contributed by atoms with Crippen LogP contribution in [0.2, 0.25) is 0 Å². The highest BCUT2D eigenvalue weighted by atomic mass is 32.2. The number of methoxy groups -OCH3 is 1. The summed E-state index contributed by atoms with van der Waals surface area (Å²) >= 11 is 0. The molecule has 2 saturated heterocycles. The van der Waals surface area contributed by atoms with Crippen molar-refractivity contribution >= 4 is 30.9 Å². The van der Waals surface area contributed by atoms with E-state index in [9.17, 15) is 21.9 Å². The Labute approximate surface area is 239 Å². The summed E-state index contributed by atoms with van der Waals surface area (Å²) in [7, 11) is -4.60. The first-order valence-electron chi connectivity index (χ1n) is 13.3. The molecule has 5 rings (SSSR count). The number of aromatic amines is 1. The molecular weight excluding hydrogens is 574 g/mol. The first-order valence-corrected chi connectivity index (χ1v) is 16.2. The van der Waals surface area contributed by atoms with E-state index in [0.29, 0.717) is 55.6 Å². The zero-order chi connectivity index (χ0) is 29.3. The summed E-state index contributed by atoms with van der Waals surface area (Å²) in [5.41, 5.74) is 0.269. The molecule has 2 aromatic carbocycles. The van der Waals surface area contributed by atoms with E-state index in [1.165, 1.54) is 30.6 Å². The molecule has 3 aromatic rings. The average molecular weight is 610 g/mol. The number of sulfonamides is 2. The Morgan fingerprint density at radius 2 is 2.00 bits per heavy atom. The maximum atomic E-state index is 13.5. The molecule has 15 heteroatoms. The lowest BCUT2D eigenvalue weighted by molar-refractivity contribution is -0.0312. The van der Waals surface area contributed by atoms with Crippen LogP contribution in [-0.2, 0) is 24.8 Å². The molecule has 1 aromatic heterocycles. The Hall–Kier alpha value is -2.79. The summed E-state index contributed by atoms with van der Waals surface area (Å²) in [4.78, 5) is 0.193. The molecule has 224 valence electrons. The summed E-state index contributed by atoms with van der Waals surface area (Å²) < 4.78 is 72.0. The second kappa shape index (κ2) is 11.8. The number of H-pyrrole nitrogens is 1. The van der Waals surface area contributed by atoms with Crippen LogP contribution in [0.4, 0.5) is 0 Å². The normalized spacial score (nSPS) is 20.4. The molecule has 0 amide bonds. The van der Waals surface area contributed by atoms with Gasteiger partial charge < -0.3 is 24.6 Å². The summed E-state index contributed by atoms with van der Waals surface area (Å²) in [6.07, 6.45) is 2.53. The predicted molar refractivity (Wildman–Crippen MR) is 150 cm³/mol. The monoisotopic (exact) mass is 609 g/mol. The van der Waals surface area contributed by atoms with Crippen LogP contribution in [-0.4, -0.2) is 101 Å². The number of rotatable bonds is 11. The largest absolute Gasteiger partial charge is 0.495 e. The van der Waals surface area contributed by atoms with Crippen molar-refractivity contribution in [2.45, 2.75) is 46.8 Å². The Bertz CT molecular complexity index is 1590. The summed E-state index contributed by atoms with van der Waals surface area (Å²) in [6, 6.07) is 9.29. The van der Waals surface area contributed by atoms with Gasteiger partial charge in [0.2, 0.25) is 20.0 Å². The van der Waals surface area contributed by atoms with Crippen molar-refractivity contribution in [2.24, 2.45) is 0 Å². The number of hydrogen-bond donors (Lipinski definition) is 4. The van der Waals surface area contributed by atoms with Crippen LogP contribution in [0.5, 0.6) is 11.5 Å². The summed E-state index contributed by atoms with van der Waals surface area (Å²) in [5, 5.41) is 21.2. The van der Waals surface area contributed by atoms with E-state index in [2.05, 4.69) is 20.2 Å². The maximum Gasteiger partial charge on any atom is 0.246 e. The molecule has 1 unspecified atom stereocenters. The van der Waals surface area contributed by atoms with Crippen LogP contribution < -0.4 is 19.5 Å². The maximum absolute atomic E-state index is 13.5. The molecule has 2 fully saturated rings. The number of aliphatic hydroxyl groups is 1. The lowest BCUT2D eigenvalue weighted by Gasteiger charge is -2.38. The van der Waals surface area contributed by atoms with Gasteiger partial charge >= 0.3 is 0 Å². The Kier molecular flexibility index (Phi) is 8.57. The van der Waals surface area contributed by atoms with Crippen molar-refractivity contribution in [3.63, 3.8) is 0 Å². The zero-order valence-corrected chi connectivity index (χ0v) is 24.5. The van der Waals surface area contributed by atoms with Gasteiger partial charge in [-0.05, 0) is 50.6 Å². The van der Waals surface area contributed by atoms with Gasteiger partial charge in [0.1, 0.15) is 29.1 Å². The lowest BCUT2D eigenvalue weighted by atomic mass is 9.88. The highest BCUT2D eigenvalue weighted by molar-refractivity contribution is 7.89. The predicted octanol–water partition coefficient (Wildman–Crippen LogP) is 0.821. The molecule has 2 aliphatic rings. The minimum absolute atomic E-state index is 0.000462. The van der Waals surface area contributed by atoms with Gasteiger partial charge in [-0.15, -0.1) is 0 Å². The third-order valence-electron chi connectivity index (χ3n) is 7.67. The minimum Gasteiger partial charge on any atom is -0.495 e. The molecule has 2 aliphatic heterocycles. The third-order valence-corrected chi connectivity index (χ3v) is 11.0. The zero-order valence-electron chi connectivity index (χ0n) is 22.9. The molecule has 3 heterocycles. The number of nitrogens with zero attached hydrogens (tertiary/aromatic N) is 2. The quantitative estimate of drug-likeness (QED) is 0.244. The molecule has 0 saturated carbocycles. The van der Waals surface area contributed by atoms with E-state index in [4.69, 9.17) is 14.2 Å². The minimum atomic E-state index is -3.79. The summed E-state index contributed by atoms with van der Waals surface area (Å²) in [5.74, 6) is 0.615. The van der Waals surface area contributed by atoms with Crippen molar-refractivity contribution in [1.82, 2.24) is 24.5 Å². The fourth-order valence-corrected chi connectivity index (χ4v) is 7.76. The van der Waals surface area contributed by atoms with Crippen LogP contribution >= 0.6 is 0 Å². The summed E-state index contributed by atoms with van der Waals surface area (Å²) in [6.45, 7) is 1.33. The van der Waals surface area contributed by atoms with Crippen LogP contribution in [0.25, 0.3) is 10.9 Å². The standard InChI is InChI=1S/C26H35N5O8S2/c1-27-40(33,34)21-5-3-4-20(12-21)38-17-19(32)14-28-18-13-26(39-16-18)8-10-31(11-9-26)41(35,36)24-7-6-23-22(15-29-30-23)25(24)37-2/h3-7,12,15,18-19,27-28,32H,8-11,13-14,16-17H2,1-2H3,(H,29,30)/t18-,19?/m1/s1. The number of ether oxygens (including phenoxy) is 3. The Morgan fingerprint density at radius 1 is 1.22 bits per heavy atom. The smallest absolute Gasteiger partial charge is 0.246 e. The van der Waals surface area contributed by atoms with Gasteiger partial charge in [-0.1, -0.05) is 6.07 Å². The third kappa shape index (κ3) is 6.21. The van der Waals surface area contributed by atoms with Gasteiger partial charge in [0, 0.05) is 31.7 Å². The van der Waals surface area contributed by atoms with Gasteiger partial charge in [-0.25, -0.2) is 21.6 Å². The van der Waals surface area contributed by atoms with E-state index < -0.39 is 31.8 Å². The Balaban J connectivity index is 1.11. The van der Waals surface area contributed by atoms with Crippen molar-refractivity contribution in [3.8, 4) is 11.5 Å². The molecule has 0 aliphatic carbocycles. The van der Waals surface area contributed by atoms with E-state index in [0.717, 1.165) is 0 Å². The second-order valence-electron chi connectivity index (χ2n) is 10.3. The van der Waals surface area contributed by atoms with Crippen molar-refractivity contribution < 1.29 is 36.2 Å². The average Bonchev–Trinajstić information content (AvgIpc) is 3.62. The van der Waals surface area contributed by atoms with Gasteiger partial charge in [-0.2, -0.15) is 9.40 Å². The first-order chi connectivity index (χ1) is 19.6. The molecule has 0 radical (unpaired) electrons. The van der Waals surface area contributed by atoms with E-state index in [-0.39, 0.29) is 34.7 Å². The topological polar surface area (TPSA) is 172 Å². The molecular formula is C26H35N5O8S2. The molecule has 41 heavy (non-hydrogen) atoms. The molecule has 1 spiro atoms. The molecule has 13 nitrogen and oxygen atoms in total. The Morgan fingerprint density at radius 3 is 2.73 bits per heavy atom. The number of nitrogens with one attached hydrogen (secondary N) is 3. The molecule has 0 bridgehead atoms. The highest BCUT2D eigenvalue weighted by Gasteiger charge is 2.45. The van der Waals surface area contributed by atoms with Gasteiger partial charge in [0.15, 0.2) is 0 Å². The number of piperidine rings is 1. The number of aromatic nitrogens is 2. The molecule has 4 N–H and O–H groups in total. The highest BCUT2D eigenvalue weighted by Crippen LogP contribution is 2.39. The number of hydrogen-bond acceptors (Lipinski definition) is 10. The first kappa shape index (κ1) is 29.7. The van der Waals surface area contributed by atoms with Crippen LogP contribution in [0, 0.1) is 0 Å². The number of benzene rings is 2. The fourth-order valence-electron chi connectivity index (χ4n) is 5.39. The van der Waals surface area contributed by atoms with Crippen LogP contribution in [0.3, 0.4) is 0 Å². The van der Waals surface area contributed by atoms with Crippen molar-refractivity contribution in [2.75, 3.05) is 47.0 Å². The van der Waals surface area contributed by atoms with Crippen molar-refractivity contribution in [3.05, 3.63) is 42.6 Å². The SMILES string of the molecule is CNS(=O)(=O)c1cccc(OCC(O)CN[C@H]2COC3(CCN(S(=O)(=O)c4ccc5[nH]ncc5c4OC)CC3)C2)c1. The van der Waals surface area contributed by atoms with Gasteiger partial charge in [0.25, 0.3) is 0 Å². The number of aliphatic hydroxyl groups excluding tert-OH is 1. The van der Waals surface area contributed by atoms with E-state index >= 15 is 0 Å². The second-order valence-corrected chi connectivity index (χ2v) is 14.1. The van der Waals surface area contributed by atoms with E-state index in [1.54, 1.807) is 30.5 Å². The van der Waals surface area contributed by atoms with Crippen LogP contribution in [0.1, 0.15) is 19.3 Å².